The normalized spacial score (nSPS) is 12.3. The first kappa shape index (κ1) is 17.4. The smallest absolute Gasteiger partial charge is 0.240 e. The van der Waals surface area contributed by atoms with E-state index in [-0.39, 0.29) is 9.64 Å². The fraction of sp³-hybridized carbons (Fsp3) is 0.462. The van der Waals surface area contributed by atoms with Crippen LogP contribution in [0.5, 0.6) is 0 Å². The van der Waals surface area contributed by atoms with Gasteiger partial charge in [0.25, 0.3) is 0 Å². The van der Waals surface area contributed by atoms with E-state index in [0.29, 0.717) is 18.0 Å². The maximum absolute atomic E-state index is 12.2. The van der Waals surface area contributed by atoms with Crippen molar-refractivity contribution in [2.24, 2.45) is 5.73 Å². The number of hydrogen-bond donors (Lipinski definition) is 2. The third-order valence-corrected chi connectivity index (χ3v) is 5.66. The predicted molar refractivity (Wildman–Crippen MR) is 89.7 cm³/mol. The van der Waals surface area contributed by atoms with Gasteiger partial charge in [0.1, 0.15) is 0 Å². The van der Waals surface area contributed by atoms with Crippen LogP contribution in [-0.2, 0) is 16.4 Å². The molecule has 0 radical (unpaired) electrons. The molecule has 0 aliphatic heterocycles. The van der Waals surface area contributed by atoms with Crippen LogP contribution in [0.2, 0.25) is 0 Å². The molecule has 4 nitrogen and oxygen atoms in total. The minimum Gasteiger partial charge on any atom is -0.393 e. The Labute approximate surface area is 130 Å². The molecule has 0 atom stereocenters. The largest absolute Gasteiger partial charge is 0.393 e. The van der Waals surface area contributed by atoms with E-state index in [1.807, 2.05) is 20.1 Å². The van der Waals surface area contributed by atoms with E-state index < -0.39 is 10.0 Å². The van der Waals surface area contributed by atoms with Crippen molar-refractivity contribution in [3.05, 3.63) is 29.8 Å². The molecular weight excluding hydrogens is 312 g/mol. The van der Waals surface area contributed by atoms with E-state index in [1.165, 1.54) is 0 Å². The predicted octanol–water partition coefficient (Wildman–Crippen LogP) is 1.94. The Morgan fingerprint density at radius 3 is 2.35 bits per heavy atom. The second-order valence-electron chi connectivity index (χ2n) is 5.08. The Kier molecular flexibility index (Phi) is 6.00. The molecule has 0 fully saturated rings. The topological polar surface area (TPSA) is 72.2 Å². The second kappa shape index (κ2) is 6.89. The molecule has 20 heavy (non-hydrogen) atoms. The number of thiocarbonyl (C=S) groups is 1. The number of hydrogen-bond acceptors (Lipinski definition) is 4. The van der Waals surface area contributed by atoms with Crippen LogP contribution in [0.3, 0.4) is 0 Å². The standard InChI is InChI=1S/C13H20N2O2S3/c1-13(2,19-3)9-15-20(16,17)11-6-4-10(5-7-11)8-12(14)18/h4-7,15H,8-9H2,1-3H3,(H2,14,18). The van der Waals surface area contributed by atoms with Gasteiger partial charge in [0.2, 0.25) is 10.0 Å². The van der Waals surface area contributed by atoms with Crippen LogP contribution in [0.15, 0.2) is 29.2 Å². The first-order valence-corrected chi connectivity index (χ1v) is 9.20. The molecule has 0 saturated heterocycles. The molecule has 7 heteroatoms. The zero-order valence-corrected chi connectivity index (χ0v) is 14.3. The number of nitrogens with two attached hydrogens (primary N) is 1. The van der Waals surface area contributed by atoms with Crippen LogP contribution < -0.4 is 10.5 Å². The van der Waals surface area contributed by atoms with Crippen LogP contribution in [0, 0.1) is 0 Å². The highest BCUT2D eigenvalue weighted by Crippen LogP contribution is 2.21. The van der Waals surface area contributed by atoms with Crippen LogP contribution in [0.25, 0.3) is 0 Å². The van der Waals surface area contributed by atoms with Gasteiger partial charge in [-0.3, -0.25) is 0 Å². The highest BCUT2D eigenvalue weighted by atomic mass is 32.2. The summed E-state index contributed by atoms with van der Waals surface area (Å²) in [5, 5.41) is 0. The Morgan fingerprint density at radius 2 is 1.90 bits per heavy atom. The first-order chi connectivity index (χ1) is 9.16. The van der Waals surface area contributed by atoms with Crippen molar-refractivity contribution in [1.29, 1.82) is 0 Å². The molecular formula is C13H20N2O2S3. The van der Waals surface area contributed by atoms with Gasteiger partial charge < -0.3 is 5.73 Å². The van der Waals surface area contributed by atoms with Crippen molar-refractivity contribution in [3.63, 3.8) is 0 Å². The van der Waals surface area contributed by atoms with Crippen LogP contribution in [-0.4, -0.2) is 31.0 Å². The number of thioether (sulfide) groups is 1. The molecule has 1 aromatic carbocycles. The Balaban J connectivity index is 2.80. The van der Waals surface area contributed by atoms with Gasteiger partial charge in [0, 0.05) is 17.7 Å². The summed E-state index contributed by atoms with van der Waals surface area (Å²) in [5.74, 6) is 0. The third-order valence-electron chi connectivity index (χ3n) is 2.85. The van der Waals surface area contributed by atoms with Gasteiger partial charge in [0.15, 0.2) is 0 Å². The van der Waals surface area contributed by atoms with Gasteiger partial charge in [0.05, 0.1) is 9.88 Å². The zero-order chi connectivity index (χ0) is 15.4. The lowest BCUT2D eigenvalue weighted by molar-refractivity contribution is 0.571. The highest BCUT2D eigenvalue weighted by Gasteiger charge is 2.21. The highest BCUT2D eigenvalue weighted by molar-refractivity contribution is 8.00. The van der Waals surface area contributed by atoms with E-state index in [4.69, 9.17) is 18.0 Å². The molecule has 0 amide bonds. The molecule has 3 N–H and O–H groups in total. The van der Waals surface area contributed by atoms with Crippen molar-refractivity contribution in [3.8, 4) is 0 Å². The summed E-state index contributed by atoms with van der Waals surface area (Å²) in [6, 6.07) is 6.60. The second-order valence-corrected chi connectivity index (χ2v) is 8.88. The van der Waals surface area contributed by atoms with E-state index in [1.54, 1.807) is 36.0 Å². The molecule has 112 valence electrons. The van der Waals surface area contributed by atoms with E-state index in [2.05, 4.69) is 4.72 Å². The van der Waals surface area contributed by atoms with Crippen LogP contribution in [0.4, 0.5) is 0 Å². The molecule has 0 heterocycles. The minimum atomic E-state index is -3.48. The quantitative estimate of drug-likeness (QED) is 0.747. The lowest BCUT2D eigenvalue weighted by atomic mass is 10.1. The minimum absolute atomic E-state index is 0.140. The summed E-state index contributed by atoms with van der Waals surface area (Å²) >= 11 is 6.44. The Hall–Kier alpha value is -0.630. The van der Waals surface area contributed by atoms with Gasteiger partial charge in [-0.25, -0.2) is 13.1 Å². The number of rotatable bonds is 7. The van der Waals surface area contributed by atoms with E-state index >= 15 is 0 Å². The molecule has 0 spiro atoms. The molecule has 0 aromatic heterocycles. The summed E-state index contributed by atoms with van der Waals surface area (Å²) < 4.78 is 26.8. The van der Waals surface area contributed by atoms with Crippen molar-refractivity contribution in [1.82, 2.24) is 4.72 Å². The van der Waals surface area contributed by atoms with Gasteiger partial charge in [-0.05, 0) is 37.8 Å². The summed E-state index contributed by atoms with van der Waals surface area (Å²) in [4.78, 5) is 0.640. The average Bonchev–Trinajstić information content (AvgIpc) is 2.37. The number of sulfonamides is 1. The maximum Gasteiger partial charge on any atom is 0.240 e. The summed E-state index contributed by atoms with van der Waals surface area (Å²) in [6.45, 7) is 4.36. The van der Waals surface area contributed by atoms with Crippen molar-refractivity contribution < 1.29 is 8.42 Å². The van der Waals surface area contributed by atoms with Crippen molar-refractivity contribution in [2.75, 3.05) is 12.8 Å². The monoisotopic (exact) mass is 332 g/mol. The van der Waals surface area contributed by atoms with E-state index in [0.717, 1.165) is 5.56 Å². The molecule has 0 unspecified atom stereocenters. The third kappa shape index (κ3) is 5.40. The average molecular weight is 333 g/mol. The SMILES string of the molecule is CSC(C)(C)CNS(=O)(=O)c1ccc(CC(N)=S)cc1. The van der Waals surface area contributed by atoms with Gasteiger partial charge in [-0.1, -0.05) is 24.4 Å². The number of benzene rings is 1. The summed E-state index contributed by atoms with van der Waals surface area (Å²) in [7, 11) is -3.48. The Morgan fingerprint density at radius 1 is 1.35 bits per heavy atom. The lowest BCUT2D eigenvalue weighted by Crippen LogP contribution is -2.36. The van der Waals surface area contributed by atoms with Gasteiger partial charge in [-0.2, -0.15) is 11.8 Å². The van der Waals surface area contributed by atoms with Gasteiger partial charge in [-0.15, -0.1) is 0 Å². The summed E-state index contributed by atoms with van der Waals surface area (Å²) in [5.41, 5.74) is 6.36. The van der Waals surface area contributed by atoms with E-state index in [9.17, 15) is 8.42 Å². The van der Waals surface area contributed by atoms with Crippen molar-refractivity contribution in [2.45, 2.75) is 29.9 Å². The molecule has 0 aliphatic rings. The molecule has 0 bridgehead atoms. The fourth-order valence-corrected chi connectivity index (χ4v) is 3.10. The van der Waals surface area contributed by atoms with Gasteiger partial charge >= 0.3 is 0 Å². The lowest BCUT2D eigenvalue weighted by Gasteiger charge is -2.22. The maximum atomic E-state index is 12.2. The fourth-order valence-electron chi connectivity index (χ4n) is 1.41. The zero-order valence-electron chi connectivity index (χ0n) is 11.8. The van der Waals surface area contributed by atoms with Crippen molar-refractivity contribution >= 4 is 39.0 Å². The Bertz CT molecular complexity index is 566. The first-order valence-electron chi connectivity index (χ1n) is 6.08. The van der Waals surface area contributed by atoms with Crippen LogP contribution in [0.1, 0.15) is 19.4 Å². The molecule has 0 aliphatic carbocycles. The van der Waals surface area contributed by atoms with Crippen LogP contribution >= 0.6 is 24.0 Å². The summed E-state index contributed by atoms with van der Waals surface area (Å²) in [6.07, 6.45) is 2.43. The number of nitrogens with one attached hydrogen (secondary N) is 1. The molecule has 1 aromatic rings. The molecule has 0 saturated carbocycles. The molecule has 1 rings (SSSR count).